The summed E-state index contributed by atoms with van der Waals surface area (Å²) in [5, 5.41) is 11.3. The van der Waals surface area contributed by atoms with Gasteiger partial charge >= 0.3 is 0 Å². The minimum absolute atomic E-state index is 1.30. The topological polar surface area (TPSA) is 0 Å². The first-order chi connectivity index (χ1) is 16.8. The highest BCUT2D eigenvalue weighted by Crippen LogP contribution is 2.34. The predicted molar refractivity (Wildman–Crippen MR) is 149 cm³/mol. The van der Waals surface area contributed by atoms with Gasteiger partial charge in [0.15, 0.2) is 8.07 Å². The van der Waals surface area contributed by atoms with Gasteiger partial charge in [0.25, 0.3) is 0 Å². The average Bonchev–Trinajstić information content (AvgIpc) is 3.20. The van der Waals surface area contributed by atoms with Crippen LogP contribution in [-0.4, -0.2) is 8.07 Å². The van der Waals surface area contributed by atoms with Gasteiger partial charge in [-0.3, -0.25) is 0 Å². The molecule has 0 saturated carbocycles. The molecule has 6 aromatic carbocycles. The van der Waals surface area contributed by atoms with Crippen LogP contribution in [0.15, 0.2) is 127 Å². The smallest absolute Gasteiger partial charge is 0.0623 e. The summed E-state index contributed by atoms with van der Waals surface area (Å²) >= 11 is 0. The second-order valence-corrected chi connectivity index (χ2v) is 13.1. The summed E-state index contributed by atoms with van der Waals surface area (Å²) in [7, 11) is -2.49. The van der Waals surface area contributed by atoms with Crippen LogP contribution >= 0.6 is 0 Å². The molecule has 0 bridgehead atoms. The molecule has 0 nitrogen and oxygen atoms in total. The number of fused-ring (bicyclic) bond motifs is 6. The molecule has 0 aromatic heterocycles. The number of aryl methyl sites for hydroxylation is 1. The van der Waals surface area contributed by atoms with Gasteiger partial charge in [0.05, 0.1) is 0 Å². The molecule has 0 N–H and O–H groups in total. The van der Waals surface area contributed by atoms with E-state index in [9.17, 15) is 0 Å². The Morgan fingerprint density at radius 1 is 0.471 bits per heavy atom. The van der Waals surface area contributed by atoms with E-state index in [2.05, 4.69) is 134 Å². The first-order valence-electron chi connectivity index (χ1n) is 12.0. The fourth-order valence-electron chi connectivity index (χ4n) is 6.14. The monoisotopic (exact) mass is 448 g/mol. The second-order valence-electron chi connectivity index (χ2n) is 9.44. The fraction of sp³-hybridized carbons (Fsp3) is 0.0303. The maximum Gasteiger partial charge on any atom is 0.181 e. The van der Waals surface area contributed by atoms with Crippen LogP contribution < -0.4 is 20.7 Å². The zero-order valence-corrected chi connectivity index (χ0v) is 20.1. The van der Waals surface area contributed by atoms with Crippen LogP contribution in [0, 0.1) is 6.92 Å². The van der Waals surface area contributed by atoms with Crippen molar-refractivity contribution in [3.63, 3.8) is 0 Å². The molecule has 0 fully saturated rings. The molecular weight excluding hydrogens is 424 g/mol. The molecule has 6 aromatic rings. The minimum Gasteiger partial charge on any atom is -0.0623 e. The van der Waals surface area contributed by atoms with Gasteiger partial charge in [-0.15, -0.1) is 0 Å². The summed E-state index contributed by atoms with van der Waals surface area (Å²) in [5.41, 5.74) is 4.09. The molecule has 34 heavy (non-hydrogen) atoms. The van der Waals surface area contributed by atoms with E-state index in [0.29, 0.717) is 0 Å². The van der Waals surface area contributed by atoms with E-state index in [-0.39, 0.29) is 0 Å². The SMILES string of the molecule is Cc1ccc2cc3ccc4c(c3cc2c1)[Si](c1ccccc1)(c1ccccc1)c1ccccc1-4. The summed E-state index contributed by atoms with van der Waals surface area (Å²) in [6, 6.07) is 48.0. The van der Waals surface area contributed by atoms with E-state index in [1.807, 2.05) is 0 Å². The Bertz CT molecular complexity index is 1660. The fourth-order valence-corrected chi connectivity index (χ4v) is 11.5. The molecule has 1 aliphatic rings. The van der Waals surface area contributed by atoms with Gasteiger partial charge in [-0.2, -0.15) is 0 Å². The summed E-state index contributed by atoms with van der Waals surface area (Å²) in [4.78, 5) is 0. The molecule has 0 spiro atoms. The lowest BCUT2D eigenvalue weighted by molar-refractivity contribution is 1.51. The van der Waals surface area contributed by atoms with Crippen molar-refractivity contribution in [2.75, 3.05) is 0 Å². The van der Waals surface area contributed by atoms with Crippen molar-refractivity contribution in [3.05, 3.63) is 133 Å². The van der Waals surface area contributed by atoms with Crippen LogP contribution in [0.3, 0.4) is 0 Å². The average molecular weight is 449 g/mol. The highest BCUT2D eigenvalue weighted by Gasteiger charge is 2.49. The molecular formula is C33H24Si. The Labute approximate surface area is 201 Å². The summed E-state index contributed by atoms with van der Waals surface area (Å²) in [6.45, 7) is 2.18. The molecule has 1 heterocycles. The Morgan fingerprint density at radius 3 is 1.85 bits per heavy atom. The second kappa shape index (κ2) is 7.28. The lowest BCUT2D eigenvalue weighted by Crippen LogP contribution is -2.72. The Balaban J connectivity index is 1.72. The van der Waals surface area contributed by atoms with E-state index in [4.69, 9.17) is 0 Å². The van der Waals surface area contributed by atoms with Crippen molar-refractivity contribution in [2.45, 2.75) is 6.92 Å². The lowest BCUT2D eigenvalue weighted by atomic mass is 9.98. The van der Waals surface area contributed by atoms with Crippen LogP contribution in [0.1, 0.15) is 5.56 Å². The highest BCUT2D eigenvalue weighted by molar-refractivity contribution is 7.23. The van der Waals surface area contributed by atoms with E-state index < -0.39 is 8.07 Å². The Kier molecular flexibility index (Phi) is 4.18. The molecule has 0 saturated heterocycles. The van der Waals surface area contributed by atoms with Gasteiger partial charge in [0, 0.05) is 0 Å². The number of rotatable bonds is 2. The van der Waals surface area contributed by atoms with Crippen LogP contribution in [0.2, 0.25) is 0 Å². The van der Waals surface area contributed by atoms with Crippen molar-refractivity contribution in [1.82, 2.24) is 0 Å². The van der Waals surface area contributed by atoms with Crippen molar-refractivity contribution in [2.24, 2.45) is 0 Å². The molecule has 0 aliphatic carbocycles. The zero-order chi connectivity index (χ0) is 22.7. The summed E-state index contributed by atoms with van der Waals surface area (Å²) < 4.78 is 0. The maximum atomic E-state index is 2.45. The summed E-state index contributed by atoms with van der Waals surface area (Å²) in [6.07, 6.45) is 0. The normalized spacial score (nSPS) is 13.7. The molecule has 0 radical (unpaired) electrons. The van der Waals surface area contributed by atoms with Gasteiger partial charge in [0.2, 0.25) is 0 Å². The minimum atomic E-state index is -2.49. The van der Waals surface area contributed by atoms with Crippen molar-refractivity contribution in [3.8, 4) is 11.1 Å². The number of hydrogen-bond donors (Lipinski definition) is 0. The van der Waals surface area contributed by atoms with Gasteiger partial charge in [-0.1, -0.05) is 121 Å². The number of benzene rings is 6. The van der Waals surface area contributed by atoms with Crippen molar-refractivity contribution < 1.29 is 0 Å². The third kappa shape index (κ3) is 2.59. The zero-order valence-electron chi connectivity index (χ0n) is 19.1. The molecule has 0 atom stereocenters. The molecule has 160 valence electrons. The first-order valence-corrected chi connectivity index (χ1v) is 14.0. The third-order valence-electron chi connectivity index (χ3n) is 7.54. The van der Waals surface area contributed by atoms with Crippen molar-refractivity contribution >= 4 is 50.4 Å². The Morgan fingerprint density at radius 2 is 1.12 bits per heavy atom. The number of hydrogen-bond acceptors (Lipinski definition) is 0. The van der Waals surface area contributed by atoms with Gasteiger partial charge in [-0.25, -0.2) is 0 Å². The summed E-state index contributed by atoms with van der Waals surface area (Å²) in [5.74, 6) is 0. The third-order valence-corrected chi connectivity index (χ3v) is 12.5. The Hall–Kier alpha value is -3.94. The van der Waals surface area contributed by atoms with E-state index >= 15 is 0 Å². The van der Waals surface area contributed by atoms with Crippen LogP contribution in [0.5, 0.6) is 0 Å². The van der Waals surface area contributed by atoms with Gasteiger partial charge in [-0.05, 0) is 72.5 Å². The van der Waals surface area contributed by atoms with Crippen LogP contribution in [0.25, 0.3) is 32.7 Å². The quantitative estimate of drug-likeness (QED) is 0.236. The van der Waals surface area contributed by atoms with Crippen LogP contribution in [-0.2, 0) is 0 Å². The van der Waals surface area contributed by atoms with E-state index in [1.54, 1.807) is 0 Å². The first kappa shape index (κ1) is 19.5. The molecule has 1 aliphatic heterocycles. The lowest BCUT2D eigenvalue weighted by Gasteiger charge is -2.32. The largest absolute Gasteiger partial charge is 0.181 e. The molecule has 0 amide bonds. The van der Waals surface area contributed by atoms with Gasteiger partial charge in [0.1, 0.15) is 0 Å². The molecule has 1 heteroatoms. The predicted octanol–water partition coefficient (Wildman–Crippen LogP) is 5.66. The van der Waals surface area contributed by atoms with Crippen LogP contribution in [0.4, 0.5) is 0 Å². The maximum absolute atomic E-state index is 2.49. The molecule has 7 rings (SSSR count). The van der Waals surface area contributed by atoms with Crippen molar-refractivity contribution in [1.29, 1.82) is 0 Å². The van der Waals surface area contributed by atoms with Gasteiger partial charge < -0.3 is 0 Å². The van der Waals surface area contributed by atoms with E-state index in [0.717, 1.165) is 0 Å². The molecule has 0 unspecified atom stereocenters. The standard InChI is InChI=1S/C33H24Si/c1-23-16-17-24-21-25-18-19-30-29-14-8-9-15-32(29)34(27-10-4-2-5-11-27,28-12-6-3-7-13-28)33(30)31(25)22-26(24)20-23/h2-22H,1H3. The van der Waals surface area contributed by atoms with E-state index in [1.165, 1.54) is 59.0 Å². The highest BCUT2D eigenvalue weighted by atomic mass is 28.3.